The maximum Gasteiger partial charge on any atom is 0.489 e. The van der Waals surface area contributed by atoms with Gasteiger partial charge in [0.05, 0.1) is 11.7 Å². The molecule has 2 aliphatic rings. The van der Waals surface area contributed by atoms with Crippen molar-refractivity contribution in [2.75, 3.05) is 6.61 Å². The van der Waals surface area contributed by atoms with Crippen molar-refractivity contribution in [3.05, 3.63) is 23.4 Å². The second kappa shape index (κ2) is 6.04. The largest absolute Gasteiger partial charge is 0.489 e. The molecule has 1 unspecified atom stereocenters. The van der Waals surface area contributed by atoms with E-state index in [2.05, 4.69) is 5.10 Å². The van der Waals surface area contributed by atoms with Crippen molar-refractivity contribution in [1.82, 2.24) is 9.78 Å². The number of nitrogens with zero attached hydrogens (tertiary/aromatic N) is 2. The molecular weight excluding hydrogens is 329 g/mol. The van der Waals surface area contributed by atoms with E-state index in [9.17, 15) is 18.8 Å². The standard InChI is InChI=1S/C17H21BF2N2O3/c1-10-5-6-17(19,20)12-8-13-11(16(15(10)12)18(23)24)9-21-22(13)14-4-2-3-7-25-14/h8-10,14,23-24H,2-7H2,1H3/t10-,14?/m1/s1. The third-order valence-electron chi connectivity index (χ3n) is 5.45. The minimum Gasteiger partial charge on any atom is -0.423 e. The van der Waals surface area contributed by atoms with Crippen LogP contribution in [0.3, 0.4) is 0 Å². The summed E-state index contributed by atoms with van der Waals surface area (Å²) in [4.78, 5) is 0. The molecule has 2 aromatic rings. The van der Waals surface area contributed by atoms with E-state index in [0.29, 0.717) is 29.5 Å². The van der Waals surface area contributed by atoms with Crippen LogP contribution in [0.1, 0.15) is 62.3 Å². The van der Waals surface area contributed by atoms with Crippen molar-refractivity contribution in [2.45, 2.75) is 57.1 Å². The number of halogens is 2. The van der Waals surface area contributed by atoms with Gasteiger partial charge in [-0.1, -0.05) is 6.92 Å². The van der Waals surface area contributed by atoms with Crippen molar-refractivity contribution >= 4 is 23.5 Å². The average Bonchev–Trinajstić information content (AvgIpc) is 3.01. The number of aromatic nitrogens is 2. The maximum atomic E-state index is 14.6. The van der Waals surface area contributed by atoms with Gasteiger partial charge < -0.3 is 14.8 Å². The van der Waals surface area contributed by atoms with Crippen LogP contribution >= 0.6 is 0 Å². The second-order valence-electron chi connectivity index (χ2n) is 7.11. The molecule has 1 aromatic carbocycles. The Morgan fingerprint density at radius 2 is 2.12 bits per heavy atom. The molecule has 1 aromatic heterocycles. The Hall–Kier alpha value is -1.51. The van der Waals surface area contributed by atoms with E-state index in [1.165, 1.54) is 12.3 Å². The number of hydrogen-bond acceptors (Lipinski definition) is 4. The van der Waals surface area contributed by atoms with Crippen LogP contribution in [0, 0.1) is 0 Å². The number of rotatable bonds is 2. The molecule has 2 atom stereocenters. The molecule has 1 fully saturated rings. The van der Waals surface area contributed by atoms with Crippen LogP contribution < -0.4 is 5.46 Å². The summed E-state index contributed by atoms with van der Waals surface area (Å²) in [5, 5.41) is 24.7. The topological polar surface area (TPSA) is 67.5 Å². The Bertz CT molecular complexity index is 803. The molecule has 1 saturated heterocycles. The molecule has 0 radical (unpaired) electrons. The molecule has 8 heteroatoms. The molecule has 5 nitrogen and oxygen atoms in total. The van der Waals surface area contributed by atoms with Gasteiger partial charge in [0.1, 0.15) is 0 Å². The van der Waals surface area contributed by atoms with Gasteiger partial charge >= 0.3 is 7.12 Å². The normalized spacial score (nSPS) is 25.8. The summed E-state index contributed by atoms with van der Waals surface area (Å²) in [5.41, 5.74) is 0.867. The Kier molecular flexibility index (Phi) is 4.09. The fourth-order valence-electron chi connectivity index (χ4n) is 4.16. The van der Waals surface area contributed by atoms with Crippen LogP contribution in [-0.2, 0) is 10.7 Å². The Morgan fingerprint density at radius 1 is 1.32 bits per heavy atom. The fourth-order valence-corrected chi connectivity index (χ4v) is 4.16. The van der Waals surface area contributed by atoms with Crippen LogP contribution in [0.25, 0.3) is 10.9 Å². The van der Waals surface area contributed by atoms with E-state index >= 15 is 0 Å². The maximum absolute atomic E-state index is 14.6. The molecule has 2 N–H and O–H groups in total. The van der Waals surface area contributed by atoms with Gasteiger partial charge in [-0.15, -0.1) is 0 Å². The van der Waals surface area contributed by atoms with Gasteiger partial charge in [-0.2, -0.15) is 5.10 Å². The molecule has 0 saturated carbocycles. The van der Waals surface area contributed by atoms with Gasteiger partial charge in [-0.05, 0) is 48.7 Å². The first-order chi connectivity index (χ1) is 11.9. The van der Waals surface area contributed by atoms with Crippen molar-refractivity contribution in [3.63, 3.8) is 0 Å². The molecule has 0 spiro atoms. The zero-order valence-corrected chi connectivity index (χ0v) is 14.1. The predicted molar refractivity (Wildman–Crippen MR) is 89.9 cm³/mol. The second-order valence-corrected chi connectivity index (χ2v) is 7.11. The molecule has 134 valence electrons. The van der Waals surface area contributed by atoms with Gasteiger partial charge in [0.15, 0.2) is 6.23 Å². The monoisotopic (exact) mass is 350 g/mol. The zero-order chi connectivity index (χ0) is 17.8. The Labute approximate surface area is 144 Å². The van der Waals surface area contributed by atoms with Crippen molar-refractivity contribution in [2.24, 2.45) is 0 Å². The summed E-state index contributed by atoms with van der Waals surface area (Å²) in [6.45, 7) is 2.46. The first-order valence-corrected chi connectivity index (χ1v) is 8.80. The lowest BCUT2D eigenvalue weighted by Crippen LogP contribution is -2.39. The summed E-state index contributed by atoms with van der Waals surface area (Å²) in [7, 11) is -1.82. The summed E-state index contributed by atoms with van der Waals surface area (Å²) >= 11 is 0. The highest BCUT2D eigenvalue weighted by Gasteiger charge is 2.43. The minimum absolute atomic E-state index is 0.112. The number of ether oxygens (including phenoxy) is 1. The molecule has 0 bridgehead atoms. The highest BCUT2D eigenvalue weighted by molar-refractivity contribution is 6.62. The number of benzene rings is 1. The highest BCUT2D eigenvalue weighted by Crippen LogP contribution is 2.45. The van der Waals surface area contributed by atoms with Gasteiger partial charge in [0.2, 0.25) is 0 Å². The van der Waals surface area contributed by atoms with Crippen LogP contribution in [0.4, 0.5) is 8.78 Å². The smallest absolute Gasteiger partial charge is 0.423 e. The SMILES string of the molecule is C[C@@H]1CCC(F)(F)c2cc3c(cnn3C3CCCCO3)c(B(O)O)c21. The number of fused-ring (bicyclic) bond motifs is 2. The molecular formula is C17H21BF2N2O3. The molecule has 1 aliphatic heterocycles. The molecule has 2 heterocycles. The van der Waals surface area contributed by atoms with Crippen molar-refractivity contribution < 1.29 is 23.6 Å². The van der Waals surface area contributed by atoms with E-state index in [0.717, 1.165) is 19.3 Å². The lowest BCUT2D eigenvalue weighted by Gasteiger charge is -2.32. The number of alkyl halides is 2. The van der Waals surface area contributed by atoms with Crippen LogP contribution in [0.2, 0.25) is 0 Å². The highest BCUT2D eigenvalue weighted by atomic mass is 19.3. The third kappa shape index (κ3) is 2.67. The van der Waals surface area contributed by atoms with E-state index in [1.807, 2.05) is 6.92 Å². The average molecular weight is 350 g/mol. The zero-order valence-electron chi connectivity index (χ0n) is 14.1. The fraction of sp³-hybridized carbons (Fsp3) is 0.588. The van der Waals surface area contributed by atoms with Crippen molar-refractivity contribution in [3.8, 4) is 0 Å². The molecule has 0 amide bonds. The molecule has 1 aliphatic carbocycles. The van der Waals surface area contributed by atoms with E-state index < -0.39 is 13.0 Å². The summed E-state index contributed by atoms with van der Waals surface area (Å²) in [5.74, 6) is -3.15. The third-order valence-corrected chi connectivity index (χ3v) is 5.45. The van der Waals surface area contributed by atoms with Gasteiger partial charge in [0, 0.05) is 24.0 Å². The van der Waals surface area contributed by atoms with Gasteiger partial charge in [0.25, 0.3) is 5.92 Å². The summed E-state index contributed by atoms with van der Waals surface area (Å²) in [6, 6.07) is 1.47. The van der Waals surface area contributed by atoms with Crippen LogP contribution in [0.5, 0.6) is 0 Å². The predicted octanol–water partition coefficient (Wildman–Crippen LogP) is 2.40. The van der Waals surface area contributed by atoms with Crippen LogP contribution in [0.15, 0.2) is 12.3 Å². The Balaban J connectivity index is 1.98. The van der Waals surface area contributed by atoms with Crippen LogP contribution in [-0.4, -0.2) is 33.6 Å². The van der Waals surface area contributed by atoms with E-state index in [-0.39, 0.29) is 29.6 Å². The summed E-state index contributed by atoms with van der Waals surface area (Å²) < 4.78 is 36.5. The van der Waals surface area contributed by atoms with Gasteiger partial charge in [-0.3, -0.25) is 0 Å². The Morgan fingerprint density at radius 3 is 2.80 bits per heavy atom. The van der Waals surface area contributed by atoms with Gasteiger partial charge in [-0.25, -0.2) is 13.5 Å². The number of hydrogen-bond donors (Lipinski definition) is 2. The molecule has 25 heavy (non-hydrogen) atoms. The first kappa shape index (κ1) is 16.9. The lowest BCUT2D eigenvalue weighted by atomic mass is 9.67. The minimum atomic E-state index is -2.98. The lowest BCUT2D eigenvalue weighted by molar-refractivity contribution is -0.0370. The quantitative estimate of drug-likeness (QED) is 0.817. The van der Waals surface area contributed by atoms with Crippen molar-refractivity contribution in [1.29, 1.82) is 0 Å². The van der Waals surface area contributed by atoms with E-state index in [1.54, 1.807) is 4.68 Å². The van der Waals surface area contributed by atoms with E-state index in [4.69, 9.17) is 4.74 Å². The first-order valence-electron chi connectivity index (χ1n) is 8.80. The molecule has 4 rings (SSSR count). The summed E-state index contributed by atoms with van der Waals surface area (Å²) in [6.07, 6.45) is 4.02.